The molecule has 4 aromatic carbocycles. The van der Waals surface area contributed by atoms with Gasteiger partial charge >= 0.3 is 6.18 Å². The Balaban J connectivity index is 1.31. The normalized spacial score (nSPS) is 13.4. The van der Waals surface area contributed by atoms with Crippen LogP contribution < -0.4 is 20.1 Å². The van der Waals surface area contributed by atoms with Gasteiger partial charge in [0.15, 0.2) is 17.2 Å². The van der Waals surface area contributed by atoms with Crippen LogP contribution in [0.15, 0.2) is 97.1 Å². The number of hydrogen-bond donors (Lipinski definition) is 2. The van der Waals surface area contributed by atoms with Crippen LogP contribution in [0.4, 0.5) is 18.9 Å². The fourth-order valence-electron chi connectivity index (χ4n) is 5.41. The minimum atomic E-state index is -4.80. The number of anilines is 1. The Hall–Kier alpha value is -4.87. The van der Waals surface area contributed by atoms with Crippen LogP contribution in [-0.2, 0) is 12.8 Å². The summed E-state index contributed by atoms with van der Waals surface area (Å²) in [5, 5.41) is 19.6. The van der Waals surface area contributed by atoms with E-state index in [9.17, 15) is 23.2 Å². The highest BCUT2D eigenvalue weighted by Crippen LogP contribution is 2.37. The van der Waals surface area contributed by atoms with Crippen molar-refractivity contribution in [2.24, 2.45) is 5.92 Å². The van der Waals surface area contributed by atoms with Gasteiger partial charge in [0, 0.05) is 5.69 Å². The molecule has 1 saturated carbocycles. The Morgan fingerprint density at radius 3 is 2.47 bits per heavy atom. The lowest BCUT2D eigenvalue weighted by molar-refractivity contribution is -0.142. The van der Waals surface area contributed by atoms with Crippen LogP contribution >= 0.6 is 22.6 Å². The van der Waals surface area contributed by atoms with Gasteiger partial charge in [-0.2, -0.15) is 23.5 Å². The minimum Gasteiger partial charge on any atom is -0.493 e. The Labute approximate surface area is 295 Å². The van der Waals surface area contributed by atoms with E-state index in [0.717, 1.165) is 40.8 Å². The van der Waals surface area contributed by atoms with Gasteiger partial charge in [0.25, 0.3) is 5.91 Å². The molecule has 1 fully saturated rings. The molecule has 2 N–H and O–H groups in total. The molecule has 1 aliphatic carbocycles. The highest BCUT2D eigenvalue weighted by molar-refractivity contribution is 14.1. The first-order valence-electron chi connectivity index (χ1n) is 15.5. The summed E-state index contributed by atoms with van der Waals surface area (Å²) in [6, 6.07) is 30.3. The van der Waals surface area contributed by atoms with Gasteiger partial charge in [0.2, 0.25) is 0 Å². The SMILES string of the molecule is COc1ccc(C(NCC2CC2)c2cccc(NC(=O)c3c(I)c(C(F)(F)F)nn3-c3cccc(C#N)c3)c2)cc1OCc1ccccc1. The van der Waals surface area contributed by atoms with Crippen molar-refractivity contribution in [1.29, 1.82) is 5.26 Å². The molecular weight excluding hydrogens is 746 g/mol. The summed E-state index contributed by atoms with van der Waals surface area (Å²) in [5.74, 6) is 0.958. The number of methoxy groups -OCH3 is 1. The Morgan fingerprint density at radius 1 is 1.00 bits per heavy atom. The van der Waals surface area contributed by atoms with Crippen molar-refractivity contribution in [2.75, 3.05) is 19.0 Å². The third-order valence-corrected chi connectivity index (χ3v) is 9.10. The summed E-state index contributed by atoms with van der Waals surface area (Å²) in [4.78, 5) is 13.7. The molecule has 1 amide bonds. The maximum atomic E-state index is 14.0. The van der Waals surface area contributed by atoms with Gasteiger partial charge in [0.05, 0.1) is 34.0 Å². The van der Waals surface area contributed by atoms with E-state index >= 15 is 0 Å². The fourth-order valence-corrected chi connectivity index (χ4v) is 6.30. The van der Waals surface area contributed by atoms with Gasteiger partial charge in [-0.25, -0.2) is 4.68 Å². The van der Waals surface area contributed by atoms with Crippen molar-refractivity contribution >= 4 is 34.2 Å². The molecule has 8 nitrogen and oxygen atoms in total. The van der Waals surface area contributed by atoms with Gasteiger partial charge in [-0.15, -0.1) is 0 Å². The second-order valence-electron chi connectivity index (χ2n) is 11.6. The van der Waals surface area contributed by atoms with Crippen LogP contribution in [0.3, 0.4) is 0 Å². The molecular formula is C37H31F3IN5O3. The first-order valence-corrected chi connectivity index (χ1v) is 16.6. The predicted octanol–water partition coefficient (Wildman–Crippen LogP) is 8.30. The van der Waals surface area contributed by atoms with E-state index in [1.807, 2.05) is 60.7 Å². The topological polar surface area (TPSA) is 101 Å². The third-order valence-electron chi connectivity index (χ3n) is 8.07. The van der Waals surface area contributed by atoms with Crippen LogP contribution in [0.5, 0.6) is 11.5 Å². The lowest BCUT2D eigenvalue weighted by Crippen LogP contribution is -2.25. The average Bonchev–Trinajstić information content (AvgIpc) is 3.86. The van der Waals surface area contributed by atoms with Crippen LogP contribution in [0, 0.1) is 20.8 Å². The third kappa shape index (κ3) is 8.06. The minimum absolute atomic E-state index is 0.153. The van der Waals surface area contributed by atoms with E-state index in [1.165, 1.54) is 46.9 Å². The summed E-state index contributed by atoms with van der Waals surface area (Å²) < 4.78 is 54.2. The van der Waals surface area contributed by atoms with Crippen LogP contribution in [0.25, 0.3) is 5.69 Å². The number of hydrogen-bond acceptors (Lipinski definition) is 6. The molecule has 1 aliphatic rings. The first-order chi connectivity index (χ1) is 23.6. The Bertz CT molecular complexity index is 2010. The molecule has 1 atom stereocenters. The van der Waals surface area contributed by atoms with E-state index in [0.29, 0.717) is 29.7 Å². The number of nitrogens with one attached hydrogen (secondary N) is 2. The number of amides is 1. The van der Waals surface area contributed by atoms with Crippen molar-refractivity contribution in [2.45, 2.75) is 31.7 Å². The van der Waals surface area contributed by atoms with Crippen molar-refractivity contribution in [1.82, 2.24) is 15.1 Å². The molecule has 0 bridgehead atoms. The van der Waals surface area contributed by atoms with Gasteiger partial charge in [-0.05, 0) is 107 Å². The standard InChI is InChI=1S/C37H31F3IN5O3/c1-48-30-16-15-27(19-31(30)49-22-24-7-3-2-4-8-24)33(43-21-23-13-14-23)26-10-6-11-28(18-26)44-36(47)34-32(41)35(37(38,39)40)45-46(34)29-12-5-9-25(17-29)20-42/h2-12,15-19,23,33,43H,13-14,21-22H2,1H3,(H,44,47). The number of rotatable bonds is 12. The van der Waals surface area contributed by atoms with E-state index in [-0.39, 0.29) is 26.6 Å². The molecule has 1 heterocycles. The number of alkyl halides is 3. The average molecular weight is 778 g/mol. The summed E-state index contributed by atoms with van der Waals surface area (Å²) in [6.45, 7) is 1.14. The maximum Gasteiger partial charge on any atom is 0.436 e. The number of benzene rings is 4. The first kappa shape index (κ1) is 34.0. The monoisotopic (exact) mass is 777 g/mol. The molecule has 12 heteroatoms. The molecule has 0 saturated heterocycles. The molecule has 0 radical (unpaired) electrons. The lowest BCUT2D eigenvalue weighted by Gasteiger charge is -2.22. The number of nitrogens with zero attached hydrogens (tertiary/aromatic N) is 3. The molecule has 1 aromatic heterocycles. The quantitative estimate of drug-likeness (QED) is 0.124. The van der Waals surface area contributed by atoms with E-state index in [4.69, 9.17) is 9.47 Å². The molecule has 0 aliphatic heterocycles. The Morgan fingerprint density at radius 2 is 1.76 bits per heavy atom. The smallest absolute Gasteiger partial charge is 0.436 e. The van der Waals surface area contributed by atoms with E-state index in [2.05, 4.69) is 15.7 Å². The number of carbonyl (C=O) groups excluding carboxylic acids is 1. The highest BCUT2D eigenvalue weighted by atomic mass is 127. The molecule has 5 aromatic rings. The summed E-state index contributed by atoms with van der Waals surface area (Å²) in [7, 11) is 1.59. The summed E-state index contributed by atoms with van der Waals surface area (Å²) in [5.41, 5.74) is 2.02. The van der Waals surface area contributed by atoms with E-state index < -0.39 is 17.8 Å². The van der Waals surface area contributed by atoms with Crippen molar-refractivity contribution in [3.63, 3.8) is 0 Å². The second-order valence-corrected chi connectivity index (χ2v) is 12.7. The summed E-state index contributed by atoms with van der Waals surface area (Å²) >= 11 is 1.50. The number of nitriles is 1. The van der Waals surface area contributed by atoms with Crippen molar-refractivity contribution in [3.8, 4) is 23.3 Å². The predicted molar refractivity (Wildman–Crippen MR) is 187 cm³/mol. The van der Waals surface area contributed by atoms with Crippen LogP contribution in [-0.4, -0.2) is 29.3 Å². The maximum absolute atomic E-state index is 14.0. The second kappa shape index (κ2) is 14.7. The lowest BCUT2D eigenvalue weighted by atomic mass is 9.97. The van der Waals surface area contributed by atoms with Gasteiger partial charge < -0.3 is 20.1 Å². The number of aromatic nitrogens is 2. The molecule has 250 valence electrons. The molecule has 6 rings (SSSR count). The van der Waals surface area contributed by atoms with Crippen molar-refractivity contribution in [3.05, 3.63) is 134 Å². The van der Waals surface area contributed by atoms with Crippen molar-refractivity contribution < 1.29 is 27.4 Å². The fraction of sp³-hybridized carbons (Fsp3) is 0.216. The zero-order chi connectivity index (χ0) is 34.5. The highest BCUT2D eigenvalue weighted by Gasteiger charge is 2.40. The van der Waals surface area contributed by atoms with Crippen LogP contribution in [0.1, 0.15) is 57.3 Å². The zero-order valence-corrected chi connectivity index (χ0v) is 28.5. The molecule has 0 spiro atoms. The number of halogens is 4. The van der Waals surface area contributed by atoms with Gasteiger partial charge in [-0.3, -0.25) is 4.79 Å². The largest absolute Gasteiger partial charge is 0.493 e. The summed E-state index contributed by atoms with van der Waals surface area (Å²) in [6.07, 6.45) is -2.51. The number of carbonyl (C=O) groups is 1. The van der Waals surface area contributed by atoms with Gasteiger partial charge in [-0.1, -0.05) is 54.6 Å². The van der Waals surface area contributed by atoms with Gasteiger partial charge in [0.1, 0.15) is 12.3 Å². The van der Waals surface area contributed by atoms with Crippen LogP contribution in [0.2, 0.25) is 0 Å². The Kier molecular flexibility index (Phi) is 10.2. The zero-order valence-electron chi connectivity index (χ0n) is 26.3. The molecule has 49 heavy (non-hydrogen) atoms. The van der Waals surface area contributed by atoms with E-state index in [1.54, 1.807) is 25.3 Å². The molecule has 1 unspecified atom stereocenters. The number of ether oxygens (including phenoxy) is 2.